The third kappa shape index (κ3) is 3.74. The SMILES string of the molecule is CCN(CC1COc2ccccc2O1)C(=O)Nc1ccccc1. The van der Waals surface area contributed by atoms with E-state index in [9.17, 15) is 4.79 Å². The predicted molar refractivity (Wildman–Crippen MR) is 89.1 cm³/mol. The fraction of sp³-hybridized carbons (Fsp3) is 0.278. The molecule has 2 amide bonds. The predicted octanol–water partition coefficient (Wildman–Crippen LogP) is 3.38. The highest BCUT2D eigenvalue weighted by Crippen LogP contribution is 2.31. The van der Waals surface area contributed by atoms with Gasteiger partial charge < -0.3 is 19.7 Å². The second kappa shape index (κ2) is 7.05. The fourth-order valence-corrected chi connectivity index (χ4v) is 2.48. The van der Waals surface area contributed by atoms with Crippen LogP contribution in [-0.2, 0) is 0 Å². The molecule has 0 bridgehead atoms. The van der Waals surface area contributed by atoms with E-state index in [1.165, 1.54) is 0 Å². The van der Waals surface area contributed by atoms with E-state index in [2.05, 4.69) is 5.32 Å². The Balaban J connectivity index is 1.60. The van der Waals surface area contributed by atoms with Crippen molar-refractivity contribution in [2.75, 3.05) is 25.0 Å². The van der Waals surface area contributed by atoms with Crippen molar-refractivity contribution in [3.63, 3.8) is 0 Å². The van der Waals surface area contributed by atoms with E-state index in [0.29, 0.717) is 19.7 Å². The molecule has 0 aromatic heterocycles. The molecule has 0 saturated heterocycles. The van der Waals surface area contributed by atoms with Crippen LogP contribution in [0.15, 0.2) is 54.6 Å². The van der Waals surface area contributed by atoms with E-state index in [4.69, 9.17) is 9.47 Å². The smallest absolute Gasteiger partial charge is 0.321 e. The molecule has 3 rings (SSSR count). The van der Waals surface area contributed by atoms with Gasteiger partial charge in [0.15, 0.2) is 17.6 Å². The number of likely N-dealkylation sites (N-methyl/N-ethyl adjacent to an activating group) is 1. The molecule has 1 unspecified atom stereocenters. The van der Waals surface area contributed by atoms with Crippen molar-refractivity contribution >= 4 is 11.7 Å². The summed E-state index contributed by atoms with van der Waals surface area (Å²) in [5.74, 6) is 1.48. The van der Waals surface area contributed by atoms with Gasteiger partial charge in [0.1, 0.15) is 6.61 Å². The number of anilines is 1. The molecule has 0 saturated carbocycles. The Morgan fingerprint density at radius 3 is 2.57 bits per heavy atom. The summed E-state index contributed by atoms with van der Waals surface area (Å²) >= 11 is 0. The summed E-state index contributed by atoms with van der Waals surface area (Å²) in [4.78, 5) is 14.1. The van der Waals surface area contributed by atoms with Gasteiger partial charge >= 0.3 is 6.03 Å². The van der Waals surface area contributed by atoms with Gasteiger partial charge in [-0.05, 0) is 31.2 Å². The Labute approximate surface area is 135 Å². The van der Waals surface area contributed by atoms with E-state index in [-0.39, 0.29) is 12.1 Å². The number of carbonyl (C=O) groups excluding carboxylic acids is 1. The molecule has 1 atom stereocenters. The van der Waals surface area contributed by atoms with Crippen LogP contribution in [0.25, 0.3) is 0 Å². The summed E-state index contributed by atoms with van der Waals surface area (Å²) in [7, 11) is 0. The monoisotopic (exact) mass is 312 g/mol. The Kier molecular flexibility index (Phi) is 4.66. The number of nitrogens with zero attached hydrogens (tertiary/aromatic N) is 1. The molecule has 1 N–H and O–H groups in total. The summed E-state index contributed by atoms with van der Waals surface area (Å²) in [6.07, 6.45) is -0.175. The van der Waals surface area contributed by atoms with Crippen molar-refractivity contribution in [2.24, 2.45) is 0 Å². The van der Waals surface area contributed by atoms with Crippen LogP contribution < -0.4 is 14.8 Å². The van der Waals surface area contributed by atoms with Crippen LogP contribution in [0.2, 0.25) is 0 Å². The topological polar surface area (TPSA) is 50.8 Å². The summed E-state index contributed by atoms with van der Waals surface area (Å²) in [6, 6.07) is 16.9. The van der Waals surface area contributed by atoms with Crippen LogP contribution in [-0.4, -0.2) is 36.7 Å². The van der Waals surface area contributed by atoms with Crippen molar-refractivity contribution in [1.29, 1.82) is 0 Å². The van der Waals surface area contributed by atoms with Crippen molar-refractivity contribution in [1.82, 2.24) is 4.90 Å². The van der Waals surface area contributed by atoms with Gasteiger partial charge in [-0.3, -0.25) is 0 Å². The highest BCUT2D eigenvalue weighted by Gasteiger charge is 2.24. The second-order valence-corrected chi connectivity index (χ2v) is 5.33. The van der Waals surface area contributed by atoms with Crippen LogP contribution in [0, 0.1) is 0 Å². The maximum Gasteiger partial charge on any atom is 0.321 e. The van der Waals surface area contributed by atoms with Gasteiger partial charge in [0.2, 0.25) is 0 Å². The van der Waals surface area contributed by atoms with Crippen LogP contribution in [0.1, 0.15) is 6.92 Å². The molecule has 1 aliphatic heterocycles. The third-order valence-corrected chi connectivity index (χ3v) is 3.69. The second-order valence-electron chi connectivity index (χ2n) is 5.33. The molecule has 0 radical (unpaired) electrons. The van der Waals surface area contributed by atoms with E-state index in [1.54, 1.807) is 4.90 Å². The molecule has 2 aromatic rings. The zero-order valence-corrected chi connectivity index (χ0v) is 13.1. The number of hydrogen-bond donors (Lipinski definition) is 1. The van der Waals surface area contributed by atoms with E-state index >= 15 is 0 Å². The van der Waals surface area contributed by atoms with Gasteiger partial charge in [0, 0.05) is 12.2 Å². The molecule has 23 heavy (non-hydrogen) atoms. The number of urea groups is 1. The normalized spacial score (nSPS) is 15.8. The van der Waals surface area contributed by atoms with Crippen LogP contribution >= 0.6 is 0 Å². The first-order chi connectivity index (χ1) is 11.3. The van der Waals surface area contributed by atoms with Gasteiger partial charge in [-0.25, -0.2) is 4.79 Å². The molecule has 120 valence electrons. The van der Waals surface area contributed by atoms with E-state index < -0.39 is 0 Å². The van der Waals surface area contributed by atoms with Crippen LogP contribution in [0.4, 0.5) is 10.5 Å². The van der Waals surface area contributed by atoms with Crippen LogP contribution in [0.3, 0.4) is 0 Å². The summed E-state index contributed by atoms with van der Waals surface area (Å²) in [6.45, 7) is 3.46. The van der Waals surface area contributed by atoms with Gasteiger partial charge in [-0.15, -0.1) is 0 Å². The maximum atomic E-state index is 12.4. The number of rotatable bonds is 4. The lowest BCUT2D eigenvalue weighted by Crippen LogP contribution is -2.45. The number of benzene rings is 2. The first-order valence-corrected chi connectivity index (χ1v) is 7.75. The molecule has 5 nitrogen and oxygen atoms in total. The highest BCUT2D eigenvalue weighted by molar-refractivity contribution is 5.89. The molecule has 0 spiro atoms. The zero-order valence-electron chi connectivity index (χ0n) is 13.1. The Morgan fingerprint density at radius 1 is 1.13 bits per heavy atom. The summed E-state index contributed by atoms with van der Waals surface area (Å²) in [5.41, 5.74) is 0.780. The van der Waals surface area contributed by atoms with Gasteiger partial charge in [0.25, 0.3) is 0 Å². The average molecular weight is 312 g/mol. The first kappa shape index (κ1) is 15.2. The largest absolute Gasteiger partial charge is 0.486 e. The number of hydrogen-bond acceptors (Lipinski definition) is 3. The van der Waals surface area contributed by atoms with Gasteiger partial charge in [-0.2, -0.15) is 0 Å². The number of para-hydroxylation sites is 3. The zero-order chi connectivity index (χ0) is 16.1. The standard InChI is InChI=1S/C18H20N2O3/c1-2-20(18(21)19-14-8-4-3-5-9-14)12-15-13-22-16-10-6-7-11-17(16)23-15/h3-11,15H,2,12-13H2,1H3,(H,19,21). The summed E-state index contributed by atoms with van der Waals surface area (Å²) in [5, 5.41) is 2.89. The van der Waals surface area contributed by atoms with Crippen molar-refractivity contribution < 1.29 is 14.3 Å². The minimum Gasteiger partial charge on any atom is -0.486 e. The Hall–Kier alpha value is -2.69. The molecule has 1 aliphatic rings. The maximum absolute atomic E-state index is 12.4. The number of nitrogens with one attached hydrogen (secondary N) is 1. The van der Waals surface area contributed by atoms with Gasteiger partial charge in [0.05, 0.1) is 6.54 Å². The first-order valence-electron chi connectivity index (χ1n) is 7.75. The van der Waals surface area contributed by atoms with Crippen LogP contribution in [0.5, 0.6) is 11.5 Å². The quantitative estimate of drug-likeness (QED) is 0.941. The highest BCUT2D eigenvalue weighted by atomic mass is 16.6. The van der Waals surface area contributed by atoms with Crippen molar-refractivity contribution in [3.05, 3.63) is 54.6 Å². The number of fused-ring (bicyclic) bond motifs is 1. The lowest BCUT2D eigenvalue weighted by Gasteiger charge is -2.30. The lowest BCUT2D eigenvalue weighted by molar-refractivity contribution is 0.0693. The molecular weight excluding hydrogens is 292 g/mol. The minimum absolute atomic E-state index is 0.138. The van der Waals surface area contributed by atoms with E-state index in [1.807, 2.05) is 61.5 Å². The number of carbonyl (C=O) groups is 1. The van der Waals surface area contributed by atoms with Crippen molar-refractivity contribution in [3.8, 4) is 11.5 Å². The molecule has 2 aromatic carbocycles. The average Bonchev–Trinajstić information content (AvgIpc) is 2.60. The summed E-state index contributed by atoms with van der Waals surface area (Å²) < 4.78 is 11.6. The Morgan fingerprint density at radius 2 is 1.83 bits per heavy atom. The molecule has 5 heteroatoms. The lowest BCUT2D eigenvalue weighted by atomic mass is 10.2. The molecule has 0 aliphatic carbocycles. The fourth-order valence-electron chi connectivity index (χ4n) is 2.48. The number of ether oxygens (including phenoxy) is 2. The molecular formula is C18H20N2O3. The van der Waals surface area contributed by atoms with Crippen molar-refractivity contribution in [2.45, 2.75) is 13.0 Å². The Bertz CT molecular complexity index is 660. The molecule has 0 fully saturated rings. The molecule has 1 heterocycles. The third-order valence-electron chi connectivity index (χ3n) is 3.69. The minimum atomic E-state index is -0.175. The number of amides is 2. The van der Waals surface area contributed by atoms with E-state index in [0.717, 1.165) is 17.2 Å². The van der Waals surface area contributed by atoms with Gasteiger partial charge in [-0.1, -0.05) is 30.3 Å².